The van der Waals surface area contributed by atoms with E-state index >= 15 is 4.79 Å². The largest absolute Gasteiger partial charge is 0.480 e. The minimum absolute atomic E-state index is 0.0110. The molecule has 6 amide bonds. The first-order valence-corrected chi connectivity index (χ1v) is 25.0. The molecule has 7 N–H and O–H groups in total. The van der Waals surface area contributed by atoms with Crippen molar-refractivity contribution in [1.29, 1.82) is 0 Å². The van der Waals surface area contributed by atoms with E-state index in [0.29, 0.717) is 5.56 Å². The molecule has 9 atom stereocenters. The van der Waals surface area contributed by atoms with Gasteiger partial charge in [-0.2, -0.15) is 0 Å². The third-order valence-corrected chi connectivity index (χ3v) is 14.7. The van der Waals surface area contributed by atoms with E-state index in [1.54, 1.807) is 57.1 Å². The van der Waals surface area contributed by atoms with Crippen LogP contribution in [0.5, 0.6) is 0 Å². The van der Waals surface area contributed by atoms with Gasteiger partial charge in [-0.15, -0.1) is 0 Å². The van der Waals surface area contributed by atoms with Crippen LogP contribution < -0.4 is 31.9 Å². The Hall–Kier alpha value is -6.13. The molecule has 2 aliphatic heterocycles. The van der Waals surface area contributed by atoms with Gasteiger partial charge < -0.3 is 46.8 Å². The van der Waals surface area contributed by atoms with E-state index in [1.165, 1.54) is 17.4 Å². The van der Waals surface area contributed by atoms with Crippen LogP contribution >= 0.6 is 0 Å². The predicted octanol–water partition coefficient (Wildman–Crippen LogP) is 4.30. The van der Waals surface area contributed by atoms with Crippen LogP contribution in [0.2, 0.25) is 0 Å². The Morgan fingerprint density at radius 2 is 1.27 bits per heavy atom. The number of nitrogens with zero attached hydrogens (tertiary/aromatic N) is 2. The van der Waals surface area contributed by atoms with Gasteiger partial charge in [0.2, 0.25) is 35.4 Å². The number of benzene rings is 3. The maximum Gasteiger partial charge on any atom is 0.329 e. The zero-order valence-electron chi connectivity index (χ0n) is 43.4. The molecule has 3 aliphatic rings. The fraction of sp³-hybridized carbons (Fsp3) is 0.545. The second-order valence-electron chi connectivity index (χ2n) is 22.2. The number of carbonyl (C=O) groups excluding carboxylic acids is 6. The third kappa shape index (κ3) is 12.5. The van der Waals surface area contributed by atoms with Crippen LogP contribution in [0, 0.1) is 10.8 Å². The molecule has 6 rings (SSSR count). The fourth-order valence-corrected chi connectivity index (χ4v) is 10.0. The summed E-state index contributed by atoms with van der Waals surface area (Å²) in [5.41, 5.74) is 2.10. The maximum absolute atomic E-state index is 15.1. The van der Waals surface area contributed by atoms with E-state index in [1.807, 2.05) is 84.0 Å². The van der Waals surface area contributed by atoms with Crippen molar-refractivity contribution in [3.8, 4) is 0 Å². The zero-order chi connectivity index (χ0) is 52.2. The van der Waals surface area contributed by atoms with Crippen molar-refractivity contribution in [3.63, 3.8) is 0 Å². The highest BCUT2D eigenvalue weighted by Crippen LogP contribution is 2.38. The van der Waals surface area contributed by atoms with Crippen molar-refractivity contribution in [2.75, 3.05) is 20.6 Å². The van der Waals surface area contributed by atoms with Gasteiger partial charge >= 0.3 is 5.97 Å². The second kappa shape index (κ2) is 22.1. The molecule has 384 valence electrons. The van der Waals surface area contributed by atoms with Crippen molar-refractivity contribution >= 4 is 41.4 Å². The van der Waals surface area contributed by atoms with Crippen LogP contribution in [0.15, 0.2) is 72.8 Å². The Labute approximate surface area is 419 Å². The smallest absolute Gasteiger partial charge is 0.329 e. The molecular formula is C55H76N8O8. The Morgan fingerprint density at radius 1 is 0.690 bits per heavy atom. The Balaban J connectivity index is 1.37. The van der Waals surface area contributed by atoms with Gasteiger partial charge in [0.25, 0.3) is 0 Å². The number of hydrogen-bond acceptors (Lipinski definition) is 9. The molecule has 0 saturated carbocycles. The minimum atomic E-state index is -1.73. The van der Waals surface area contributed by atoms with Crippen molar-refractivity contribution < 1.29 is 38.7 Å². The van der Waals surface area contributed by atoms with Crippen LogP contribution in [-0.2, 0) is 59.4 Å². The number of aliphatic carboxylic acids is 1. The summed E-state index contributed by atoms with van der Waals surface area (Å²) in [5.74, 6) is -4.23. The molecule has 0 aromatic heterocycles. The lowest BCUT2D eigenvalue weighted by Crippen LogP contribution is -2.62. The standard InChI is InChI=1S/C55H76N8O8/c1-32(56-10)46(64)59-44(53(3,4)5)50(68)62-30-38-26-36(24-25-37(38)27-42(62)48(66)58-41-23-17-21-35-20-15-16-22-40(35)41)39-28-43(49(67)61-55(9,52(70)71)29-34-18-13-12-14-19-34)63(31-39)51(69)45(54(6,7)8)60-47(65)33(2)57-11/h12-16,18-20,22,24-26,32-33,39,41-45,56-57H,17,21,23,27-31H2,1-11H3,(H,58,66)(H,59,64)(H,60,65)(H,61,67)(H,70,71)/t32-,33-,39-,41+,42-,43-,44+,45+,55-/m0/s1. The normalized spacial score (nSPS) is 21.5. The van der Waals surface area contributed by atoms with Gasteiger partial charge in [-0.25, -0.2) is 4.79 Å². The van der Waals surface area contributed by atoms with Crippen molar-refractivity contribution in [2.45, 2.75) is 161 Å². The monoisotopic (exact) mass is 977 g/mol. The Morgan fingerprint density at radius 3 is 1.85 bits per heavy atom. The number of amides is 6. The van der Waals surface area contributed by atoms with E-state index in [2.05, 4.69) is 38.0 Å². The molecule has 16 nitrogen and oxygen atoms in total. The van der Waals surface area contributed by atoms with Gasteiger partial charge in [0.05, 0.1) is 18.1 Å². The van der Waals surface area contributed by atoms with E-state index in [9.17, 15) is 33.9 Å². The van der Waals surface area contributed by atoms with E-state index < -0.39 is 88.1 Å². The van der Waals surface area contributed by atoms with Crippen molar-refractivity contribution in [3.05, 3.63) is 106 Å². The predicted molar refractivity (Wildman–Crippen MR) is 272 cm³/mol. The van der Waals surface area contributed by atoms with E-state index in [4.69, 9.17) is 0 Å². The molecular weight excluding hydrogens is 901 g/mol. The highest BCUT2D eigenvalue weighted by Gasteiger charge is 2.48. The van der Waals surface area contributed by atoms with Crippen LogP contribution in [0.3, 0.4) is 0 Å². The number of likely N-dealkylation sites (tertiary alicyclic amines) is 1. The number of carboxylic acid groups (broad SMARTS) is 1. The van der Waals surface area contributed by atoms with Gasteiger partial charge in [-0.05, 0) is 105 Å². The second-order valence-corrected chi connectivity index (χ2v) is 22.2. The van der Waals surface area contributed by atoms with Crippen molar-refractivity contribution in [1.82, 2.24) is 41.7 Å². The quantitative estimate of drug-likeness (QED) is 0.108. The number of nitrogens with one attached hydrogen (secondary N) is 6. The molecule has 0 bridgehead atoms. The first-order valence-electron chi connectivity index (χ1n) is 25.0. The molecule has 16 heteroatoms. The zero-order valence-corrected chi connectivity index (χ0v) is 43.4. The molecule has 3 aromatic carbocycles. The summed E-state index contributed by atoms with van der Waals surface area (Å²) < 4.78 is 0. The molecule has 2 heterocycles. The molecule has 71 heavy (non-hydrogen) atoms. The topological polar surface area (TPSA) is 218 Å². The number of fused-ring (bicyclic) bond motifs is 2. The lowest BCUT2D eigenvalue weighted by molar-refractivity contribution is -0.149. The number of aryl methyl sites for hydroxylation is 1. The maximum atomic E-state index is 15.1. The summed E-state index contributed by atoms with van der Waals surface area (Å²) in [6, 6.07) is 17.4. The molecule has 3 aromatic rings. The molecule has 0 unspecified atom stereocenters. The Bertz CT molecular complexity index is 2470. The summed E-state index contributed by atoms with van der Waals surface area (Å²) >= 11 is 0. The lowest BCUT2D eigenvalue weighted by Gasteiger charge is -2.42. The Kier molecular flexibility index (Phi) is 16.9. The lowest BCUT2D eigenvalue weighted by atomic mass is 9.83. The van der Waals surface area contributed by atoms with Crippen LogP contribution in [0.25, 0.3) is 0 Å². The van der Waals surface area contributed by atoms with Crippen LogP contribution in [0.1, 0.15) is 127 Å². The number of hydrogen-bond donors (Lipinski definition) is 7. The van der Waals surface area contributed by atoms with E-state index in [0.717, 1.165) is 41.5 Å². The SMILES string of the molecule is CN[C@@H](C)C(=O)N[C@H](C(=O)N1Cc2cc([C@H]3C[C@@H](C(=O)N[C@@](C)(Cc4ccccc4)C(=O)O)N(C(=O)[C@@H](NC(=O)[C@H](C)NC)C(C)(C)C)C3)ccc2C[C@H]1C(=O)N[C@@H]1CCCc2ccccc21)C(C)(C)C. The summed E-state index contributed by atoms with van der Waals surface area (Å²) in [6.07, 6.45) is 2.90. The number of carbonyl (C=O) groups is 7. The first kappa shape index (κ1) is 54.2. The highest BCUT2D eigenvalue weighted by molar-refractivity contribution is 5.96. The fourth-order valence-electron chi connectivity index (χ4n) is 10.0. The molecule has 1 saturated heterocycles. The van der Waals surface area contributed by atoms with Crippen LogP contribution in [-0.4, -0.2) is 119 Å². The number of carboxylic acids is 1. The number of likely N-dealkylation sites (N-methyl/N-ethyl adjacent to an activating group) is 2. The molecule has 0 radical (unpaired) electrons. The van der Waals surface area contributed by atoms with E-state index in [-0.39, 0.29) is 50.2 Å². The molecule has 0 spiro atoms. The highest BCUT2D eigenvalue weighted by atomic mass is 16.4. The molecule has 1 aliphatic carbocycles. The first-order chi connectivity index (χ1) is 33.4. The van der Waals surface area contributed by atoms with Gasteiger partial charge in [-0.1, -0.05) is 114 Å². The van der Waals surface area contributed by atoms with Gasteiger partial charge in [0.15, 0.2) is 0 Å². The molecule has 1 fully saturated rings. The van der Waals surface area contributed by atoms with Gasteiger partial charge in [-0.3, -0.25) is 28.8 Å². The van der Waals surface area contributed by atoms with Crippen molar-refractivity contribution in [2.24, 2.45) is 10.8 Å². The van der Waals surface area contributed by atoms with Crippen LogP contribution in [0.4, 0.5) is 0 Å². The average molecular weight is 977 g/mol. The summed E-state index contributed by atoms with van der Waals surface area (Å²) in [7, 11) is 3.31. The minimum Gasteiger partial charge on any atom is -0.480 e. The number of rotatable bonds is 16. The van der Waals surface area contributed by atoms with Gasteiger partial charge in [0, 0.05) is 31.8 Å². The summed E-state index contributed by atoms with van der Waals surface area (Å²) in [6.45, 7) is 16.1. The van der Waals surface area contributed by atoms with Gasteiger partial charge in [0.1, 0.15) is 29.7 Å². The summed E-state index contributed by atoms with van der Waals surface area (Å²) in [5, 5.41) is 28.4. The average Bonchev–Trinajstić information content (AvgIpc) is 3.79. The third-order valence-electron chi connectivity index (χ3n) is 14.7. The summed E-state index contributed by atoms with van der Waals surface area (Å²) in [4.78, 5) is 102.